The minimum Gasteiger partial charge on any atom is -0.385 e. The lowest BCUT2D eigenvalue weighted by Crippen LogP contribution is -2.42. The Morgan fingerprint density at radius 2 is 2.14 bits per heavy atom. The molecule has 0 aliphatic heterocycles. The van der Waals surface area contributed by atoms with Crippen LogP contribution in [-0.2, 0) is 11.3 Å². The first-order valence-corrected chi connectivity index (χ1v) is 9.19. The summed E-state index contributed by atoms with van der Waals surface area (Å²) in [6.45, 7) is 4.67. The summed E-state index contributed by atoms with van der Waals surface area (Å²) in [5.74, 6) is -0.434. The number of carbonyl (C=O) groups excluding carboxylic acids is 1. The van der Waals surface area contributed by atoms with Crippen molar-refractivity contribution in [3.8, 4) is 0 Å². The summed E-state index contributed by atoms with van der Waals surface area (Å²) in [5.41, 5.74) is 4.99. The van der Waals surface area contributed by atoms with Crippen LogP contribution in [-0.4, -0.2) is 40.7 Å². The molecule has 0 atom stereocenters. The topological polar surface area (TPSA) is 123 Å². The fourth-order valence-corrected chi connectivity index (χ4v) is 2.93. The zero-order valence-electron chi connectivity index (χ0n) is 16.1. The van der Waals surface area contributed by atoms with Gasteiger partial charge in [0.25, 0.3) is 11.5 Å². The van der Waals surface area contributed by atoms with Crippen molar-refractivity contribution in [2.45, 2.75) is 26.8 Å². The number of H-pyrrole nitrogens is 1. The van der Waals surface area contributed by atoms with Crippen molar-refractivity contribution in [1.82, 2.24) is 14.5 Å². The van der Waals surface area contributed by atoms with Gasteiger partial charge in [-0.05, 0) is 24.5 Å². The molecule has 10 heteroatoms. The van der Waals surface area contributed by atoms with Crippen LogP contribution in [0.1, 0.15) is 30.6 Å². The van der Waals surface area contributed by atoms with Gasteiger partial charge in [-0.25, -0.2) is 9.78 Å². The van der Waals surface area contributed by atoms with Crippen LogP contribution in [0.25, 0.3) is 0 Å². The molecule has 2 rings (SSSR count). The largest absolute Gasteiger partial charge is 0.385 e. The highest BCUT2D eigenvalue weighted by atomic mass is 35.5. The zero-order chi connectivity index (χ0) is 20.8. The molecule has 0 radical (unpaired) electrons. The number of hydrogen-bond donors (Lipinski definition) is 2. The Kier molecular flexibility index (Phi) is 7.36. The lowest BCUT2D eigenvalue weighted by molar-refractivity contribution is 0.0983. The summed E-state index contributed by atoms with van der Waals surface area (Å²) in [5, 5.41) is 0.148. The Morgan fingerprint density at radius 1 is 1.43 bits per heavy atom. The molecule has 0 fully saturated rings. The number of nitrogen functional groups attached to an aromatic ring is 1. The van der Waals surface area contributed by atoms with E-state index in [4.69, 9.17) is 22.1 Å². The Bertz CT molecular complexity index is 954. The maximum atomic E-state index is 13.1. The summed E-state index contributed by atoms with van der Waals surface area (Å²) < 4.78 is 6.31. The number of carbonyl (C=O) groups is 1. The van der Waals surface area contributed by atoms with Crippen molar-refractivity contribution in [1.29, 1.82) is 0 Å². The lowest BCUT2D eigenvalue weighted by Gasteiger charge is -2.25. The van der Waals surface area contributed by atoms with E-state index in [0.29, 0.717) is 19.6 Å². The molecule has 2 aromatic heterocycles. The number of aromatic amines is 1. The van der Waals surface area contributed by atoms with Gasteiger partial charge in [0.15, 0.2) is 5.69 Å². The molecule has 2 heterocycles. The van der Waals surface area contributed by atoms with Crippen LogP contribution in [0.5, 0.6) is 0 Å². The molecule has 152 valence electrons. The first kappa shape index (κ1) is 21.6. The van der Waals surface area contributed by atoms with Crippen molar-refractivity contribution in [3.05, 3.63) is 49.9 Å². The first-order valence-electron chi connectivity index (χ1n) is 8.81. The van der Waals surface area contributed by atoms with E-state index in [9.17, 15) is 14.4 Å². The van der Waals surface area contributed by atoms with E-state index in [1.165, 1.54) is 27.8 Å². The number of pyridine rings is 1. The molecule has 9 nitrogen and oxygen atoms in total. The van der Waals surface area contributed by atoms with Crippen LogP contribution in [0, 0.1) is 5.92 Å². The molecule has 0 saturated heterocycles. The number of nitrogens with one attached hydrogen (secondary N) is 1. The number of ether oxygens (including phenoxy) is 1. The molecule has 2 aromatic rings. The van der Waals surface area contributed by atoms with Crippen LogP contribution in [0.3, 0.4) is 0 Å². The zero-order valence-corrected chi connectivity index (χ0v) is 16.8. The summed E-state index contributed by atoms with van der Waals surface area (Å²) in [4.78, 5) is 45.2. The van der Waals surface area contributed by atoms with E-state index < -0.39 is 17.2 Å². The number of rotatable bonds is 8. The number of halogens is 1. The molecule has 0 bridgehead atoms. The number of methoxy groups -OCH3 is 1. The predicted molar refractivity (Wildman–Crippen MR) is 108 cm³/mol. The van der Waals surface area contributed by atoms with E-state index in [1.807, 2.05) is 13.8 Å². The molecule has 0 saturated carbocycles. The average Bonchev–Trinajstić information content (AvgIpc) is 2.63. The third-order valence-corrected chi connectivity index (χ3v) is 4.19. The molecule has 28 heavy (non-hydrogen) atoms. The van der Waals surface area contributed by atoms with Crippen molar-refractivity contribution in [2.24, 2.45) is 5.92 Å². The summed E-state index contributed by atoms with van der Waals surface area (Å²) in [7, 11) is 1.54. The highest BCUT2D eigenvalue weighted by Crippen LogP contribution is 2.21. The minimum absolute atomic E-state index is 0.0617. The van der Waals surface area contributed by atoms with Crippen LogP contribution < -0.4 is 21.9 Å². The smallest absolute Gasteiger partial charge is 0.330 e. The molecule has 0 aromatic carbocycles. The van der Waals surface area contributed by atoms with E-state index in [2.05, 4.69) is 9.97 Å². The molecule has 0 unspecified atom stereocenters. The van der Waals surface area contributed by atoms with Crippen molar-refractivity contribution >= 4 is 29.0 Å². The second-order valence-corrected chi connectivity index (χ2v) is 7.06. The fraction of sp³-hybridized carbons (Fsp3) is 0.444. The average molecular weight is 410 g/mol. The molecular weight excluding hydrogens is 386 g/mol. The fourth-order valence-electron chi connectivity index (χ4n) is 2.76. The number of anilines is 2. The lowest BCUT2D eigenvalue weighted by atomic mass is 10.2. The monoisotopic (exact) mass is 409 g/mol. The van der Waals surface area contributed by atoms with Gasteiger partial charge in [0.2, 0.25) is 0 Å². The normalized spacial score (nSPS) is 11.0. The highest BCUT2D eigenvalue weighted by molar-refractivity contribution is 6.29. The van der Waals surface area contributed by atoms with Crippen LogP contribution in [0.4, 0.5) is 11.5 Å². The first-order chi connectivity index (χ1) is 13.3. The van der Waals surface area contributed by atoms with Gasteiger partial charge in [-0.3, -0.25) is 19.1 Å². The van der Waals surface area contributed by atoms with Gasteiger partial charge < -0.3 is 15.4 Å². The van der Waals surface area contributed by atoms with E-state index in [0.717, 1.165) is 0 Å². The van der Waals surface area contributed by atoms with Gasteiger partial charge in [0, 0.05) is 38.6 Å². The molecule has 1 amide bonds. The van der Waals surface area contributed by atoms with Gasteiger partial charge in [-0.2, -0.15) is 0 Å². The maximum Gasteiger partial charge on any atom is 0.330 e. The second kappa shape index (κ2) is 9.52. The maximum absolute atomic E-state index is 13.1. The van der Waals surface area contributed by atoms with Gasteiger partial charge in [-0.15, -0.1) is 0 Å². The number of hydrogen-bond acceptors (Lipinski definition) is 6. The number of aromatic nitrogens is 3. The molecular formula is C18H24ClN5O4. The van der Waals surface area contributed by atoms with Crippen molar-refractivity contribution < 1.29 is 9.53 Å². The van der Waals surface area contributed by atoms with Crippen molar-refractivity contribution in [2.75, 3.05) is 30.9 Å². The molecule has 0 aliphatic carbocycles. The minimum atomic E-state index is -0.728. The summed E-state index contributed by atoms with van der Waals surface area (Å²) in [6.07, 6.45) is 1.86. The Hall–Kier alpha value is -2.65. The number of nitrogens with two attached hydrogens (primary N) is 1. The molecule has 3 N–H and O–H groups in total. The Balaban J connectivity index is 2.58. The van der Waals surface area contributed by atoms with Gasteiger partial charge in [-0.1, -0.05) is 25.4 Å². The standard InChI is InChI=1S/C18H24ClN5O4/c1-11(2)10-24-15(20)14(16(25)22-18(24)27)23(7-4-8-28-3)17(26)12-5-6-21-13(19)9-12/h5-6,9,11H,4,7-8,10,20H2,1-3H3,(H,22,25,27). The SMILES string of the molecule is COCCCN(C(=O)c1ccnc(Cl)c1)c1c(N)n(CC(C)C)c(=O)[nH]c1=O. The Morgan fingerprint density at radius 3 is 2.75 bits per heavy atom. The van der Waals surface area contributed by atoms with E-state index in [1.54, 1.807) is 7.11 Å². The van der Waals surface area contributed by atoms with Crippen LogP contribution >= 0.6 is 11.6 Å². The quantitative estimate of drug-likeness (QED) is 0.503. The van der Waals surface area contributed by atoms with Crippen molar-refractivity contribution in [3.63, 3.8) is 0 Å². The van der Waals surface area contributed by atoms with E-state index in [-0.39, 0.29) is 34.7 Å². The van der Waals surface area contributed by atoms with Gasteiger partial charge in [0.05, 0.1) is 0 Å². The second-order valence-electron chi connectivity index (χ2n) is 6.67. The van der Waals surface area contributed by atoms with Crippen LogP contribution in [0.2, 0.25) is 5.15 Å². The molecule has 0 spiro atoms. The highest BCUT2D eigenvalue weighted by Gasteiger charge is 2.25. The summed E-state index contributed by atoms with van der Waals surface area (Å²) in [6, 6.07) is 2.90. The van der Waals surface area contributed by atoms with E-state index >= 15 is 0 Å². The third kappa shape index (κ3) is 4.99. The number of amides is 1. The van der Waals surface area contributed by atoms with Gasteiger partial charge >= 0.3 is 5.69 Å². The van der Waals surface area contributed by atoms with Crippen LogP contribution in [0.15, 0.2) is 27.9 Å². The predicted octanol–water partition coefficient (Wildman–Crippen LogP) is 1.51. The molecule has 0 aliphatic rings. The van der Waals surface area contributed by atoms with Gasteiger partial charge in [0.1, 0.15) is 11.0 Å². The number of nitrogens with zero attached hydrogens (tertiary/aromatic N) is 3. The third-order valence-electron chi connectivity index (χ3n) is 3.98. The Labute approximate surface area is 167 Å². The summed E-state index contributed by atoms with van der Waals surface area (Å²) >= 11 is 5.89.